The third kappa shape index (κ3) is 3.13. The topological polar surface area (TPSA) is 101 Å². The number of hydrogen-bond acceptors (Lipinski definition) is 7. The first kappa shape index (κ1) is 18.7. The fourth-order valence-corrected chi connectivity index (χ4v) is 4.23. The average molecular weight is 406 g/mol. The van der Waals surface area contributed by atoms with Crippen molar-refractivity contribution < 1.29 is 9.84 Å². The van der Waals surface area contributed by atoms with Crippen molar-refractivity contribution in [2.75, 3.05) is 30.8 Å². The fraction of sp³-hybridized carbons (Fsp3) is 0.364. The molecule has 1 fully saturated rings. The summed E-state index contributed by atoms with van der Waals surface area (Å²) in [6.45, 7) is 3.89. The standard InChI is InChI=1S/C22H26N6O2/c1-13-7-20-18(9-19(13)29)27(2)22(30-20)17-8-14(10-25-21(17)23)15-11-26-28(12-15)16-3-5-24-6-4-16/h7-12,16,22,24,29H,3-6H2,1-2H3,(H2,23,25). The Bertz CT molecular complexity index is 1090. The zero-order valence-electron chi connectivity index (χ0n) is 17.2. The second-order valence-corrected chi connectivity index (χ2v) is 8.08. The minimum atomic E-state index is -0.409. The Balaban J connectivity index is 1.45. The van der Waals surface area contributed by atoms with Crippen molar-refractivity contribution in [3.8, 4) is 22.6 Å². The van der Waals surface area contributed by atoms with E-state index in [1.807, 2.05) is 37.2 Å². The SMILES string of the molecule is Cc1cc2c(cc1O)N(C)C(c1cc(-c3cnn(C4CCNCC4)c3)cnc1N)O2. The molecular weight excluding hydrogens is 380 g/mol. The maximum atomic E-state index is 10.1. The quantitative estimate of drug-likeness (QED) is 0.615. The number of aromatic hydroxyl groups is 1. The van der Waals surface area contributed by atoms with Gasteiger partial charge in [-0.25, -0.2) is 4.98 Å². The Hall–Kier alpha value is -3.26. The molecular formula is C22H26N6O2. The Labute approximate surface area is 175 Å². The molecule has 3 aromatic rings. The Morgan fingerprint density at radius 1 is 1.17 bits per heavy atom. The van der Waals surface area contributed by atoms with Crippen LogP contribution in [0.3, 0.4) is 0 Å². The van der Waals surface area contributed by atoms with Gasteiger partial charge in [-0.15, -0.1) is 0 Å². The Kier molecular flexibility index (Phi) is 4.51. The van der Waals surface area contributed by atoms with E-state index in [2.05, 4.69) is 26.3 Å². The van der Waals surface area contributed by atoms with Crippen LogP contribution in [-0.4, -0.2) is 40.0 Å². The highest BCUT2D eigenvalue weighted by atomic mass is 16.5. The van der Waals surface area contributed by atoms with Gasteiger partial charge in [0.1, 0.15) is 17.3 Å². The molecule has 0 aliphatic carbocycles. The van der Waals surface area contributed by atoms with E-state index in [0.717, 1.165) is 59.6 Å². The van der Waals surface area contributed by atoms with Gasteiger partial charge < -0.3 is 25.8 Å². The number of phenols is 1. The summed E-state index contributed by atoms with van der Waals surface area (Å²) in [5.74, 6) is 1.39. The molecule has 0 radical (unpaired) electrons. The second kappa shape index (κ2) is 7.21. The summed E-state index contributed by atoms with van der Waals surface area (Å²) >= 11 is 0. The van der Waals surface area contributed by atoms with Crippen LogP contribution in [0.4, 0.5) is 11.5 Å². The third-order valence-electron chi connectivity index (χ3n) is 6.08. The second-order valence-electron chi connectivity index (χ2n) is 8.08. The lowest BCUT2D eigenvalue weighted by molar-refractivity contribution is 0.235. The van der Waals surface area contributed by atoms with Crippen LogP contribution >= 0.6 is 0 Å². The summed E-state index contributed by atoms with van der Waals surface area (Å²) < 4.78 is 8.24. The maximum absolute atomic E-state index is 10.1. The lowest BCUT2D eigenvalue weighted by Crippen LogP contribution is -2.29. The van der Waals surface area contributed by atoms with Crippen LogP contribution in [0.5, 0.6) is 11.5 Å². The van der Waals surface area contributed by atoms with Crippen molar-refractivity contribution in [2.45, 2.75) is 32.0 Å². The first-order valence-electron chi connectivity index (χ1n) is 10.2. The molecule has 2 aliphatic rings. The molecule has 0 saturated carbocycles. The van der Waals surface area contributed by atoms with Crippen LogP contribution in [-0.2, 0) is 0 Å². The number of benzene rings is 1. The van der Waals surface area contributed by atoms with Gasteiger partial charge in [-0.3, -0.25) is 4.68 Å². The lowest BCUT2D eigenvalue weighted by Gasteiger charge is -2.23. The van der Waals surface area contributed by atoms with Crippen LogP contribution in [0, 0.1) is 6.92 Å². The average Bonchev–Trinajstić information content (AvgIpc) is 3.36. The number of pyridine rings is 1. The van der Waals surface area contributed by atoms with Crippen LogP contribution in [0.2, 0.25) is 0 Å². The van der Waals surface area contributed by atoms with Gasteiger partial charge in [0.15, 0.2) is 0 Å². The van der Waals surface area contributed by atoms with Gasteiger partial charge in [0.2, 0.25) is 6.23 Å². The van der Waals surface area contributed by atoms with Crippen molar-refractivity contribution in [1.29, 1.82) is 0 Å². The van der Waals surface area contributed by atoms with Crippen molar-refractivity contribution in [1.82, 2.24) is 20.1 Å². The van der Waals surface area contributed by atoms with Crippen molar-refractivity contribution in [2.24, 2.45) is 0 Å². The van der Waals surface area contributed by atoms with E-state index in [4.69, 9.17) is 10.5 Å². The third-order valence-corrected chi connectivity index (χ3v) is 6.08. The van der Waals surface area contributed by atoms with Crippen LogP contribution in [0.25, 0.3) is 11.1 Å². The molecule has 1 aromatic carbocycles. The normalized spacial score (nSPS) is 19.0. The predicted molar refractivity (Wildman–Crippen MR) is 116 cm³/mol. The summed E-state index contributed by atoms with van der Waals surface area (Å²) in [4.78, 5) is 6.39. The number of piperidine rings is 1. The van der Waals surface area contributed by atoms with Gasteiger partial charge in [0.05, 0.1) is 23.5 Å². The van der Waals surface area contributed by atoms with Crippen molar-refractivity contribution in [3.63, 3.8) is 0 Å². The summed E-state index contributed by atoms with van der Waals surface area (Å²) in [6, 6.07) is 6.01. The van der Waals surface area contributed by atoms with E-state index in [9.17, 15) is 5.11 Å². The predicted octanol–water partition coefficient (Wildman–Crippen LogP) is 2.99. The Morgan fingerprint density at radius 3 is 2.77 bits per heavy atom. The summed E-state index contributed by atoms with van der Waals surface area (Å²) in [7, 11) is 1.92. The molecule has 156 valence electrons. The zero-order valence-corrected chi connectivity index (χ0v) is 17.2. The molecule has 4 N–H and O–H groups in total. The molecule has 2 aliphatic heterocycles. The van der Waals surface area contributed by atoms with E-state index >= 15 is 0 Å². The molecule has 30 heavy (non-hydrogen) atoms. The van der Waals surface area contributed by atoms with E-state index < -0.39 is 6.23 Å². The van der Waals surface area contributed by atoms with Crippen LogP contribution in [0.15, 0.2) is 36.8 Å². The number of hydrogen-bond donors (Lipinski definition) is 3. The number of nitrogen functional groups attached to an aromatic ring is 1. The molecule has 0 spiro atoms. The number of nitrogens with zero attached hydrogens (tertiary/aromatic N) is 4. The summed E-state index contributed by atoms with van der Waals surface area (Å²) in [5, 5.41) is 18.1. The van der Waals surface area contributed by atoms with E-state index in [-0.39, 0.29) is 5.75 Å². The number of rotatable bonds is 3. The largest absolute Gasteiger partial charge is 0.508 e. The highest BCUT2D eigenvalue weighted by Gasteiger charge is 2.32. The number of aromatic nitrogens is 3. The first-order chi connectivity index (χ1) is 14.5. The van der Waals surface area contributed by atoms with Gasteiger partial charge in [0.25, 0.3) is 0 Å². The number of nitrogens with two attached hydrogens (primary N) is 1. The number of phenolic OH excluding ortho intramolecular Hbond substituents is 1. The highest BCUT2D eigenvalue weighted by molar-refractivity contribution is 5.70. The molecule has 0 bridgehead atoms. The summed E-state index contributed by atoms with van der Waals surface area (Å²) in [5.41, 5.74) is 10.6. The van der Waals surface area contributed by atoms with Gasteiger partial charge in [-0.2, -0.15) is 5.10 Å². The number of nitrogens with one attached hydrogen (secondary N) is 1. The van der Waals surface area contributed by atoms with Crippen LogP contribution in [0.1, 0.15) is 36.2 Å². The molecule has 1 atom stereocenters. The van der Waals surface area contributed by atoms with E-state index in [1.165, 1.54) is 0 Å². The number of aryl methyl sites for hydroxylation is 1. The fourth-order valence-electron chi connectivity index (χ4n) is 4.23. The van der Waals surface area contributed by atoms with E-state index in [1.54, 1.807) is 12.3 Å². The smallest absolute Gasteiger partial charge is 0.202 e. The zero-order chi connectivity index (χ0) is 20.8. The minimum Gasteiger partial charge on any atom is -0.508 e. The molecule has 8 nitrogen and oxygen atoms in total. The number of fused-ring (bicyclic) bond motifs is 1. The van der Waals surface area contributed by atoms with Crippen molar-refractivity contribution >= 4 is 11.5 Å². The number of ether oxygens (including phenoxy) is 1. The lowest BCUT2D eigenvalue weighted by atomic mass is 10.1. The minimum absolute atomic E-state index is 0.245. The molecule has 1 unspecified atom stereocenters. The molecule has 1 saturated heterocycles. The molecule has 4 heterocycles. The molecule has 5 rings (SSSR count). The molecule has 2 aromatic heterocycles. The highest BCUT2D eigenvalue weighted by Crippen LogP contribution is 2.46. The molecule has 8 heteroatoms. The van der Waals surface area contributed by atoms with Crippen LogP contribution < -0.4 is 20.7 Å². The Morgan fingerprint density at radius 2 is 1.97 bits per heavy atom. The number of anilines is 2. The van der Waals surface area contributed by atoms with Gasteiger partial charge in [0, 0.05) is 36.6 Å². The van der Waals surface area contributed by atoms with Gasteiger partial charge >= 0.3 is 0 Å². The summed E-state index contributed by atoms with van der Waals surface area (Å²) in [6.07, 6.45) is 7.50. The molecule has 0 amide bonds. The van der Waals surface area contributed by atoms with Gasteiger partial charge in [-0.1, -0.05) is 0 Å². The van der Waals surface area contributed by atoms with Gasteiger partial charge in [-0.05, 0) is 50.6 Å². The van der Waals surface area contributed by atoms with E-state index in [0.29, 0.717) is 11.9 Å². The maximum Gasteiger partial charge on any atom is 0.202 e. The van der Waals surface area contributed by atoms with Crippen molar-refractivity contribution in [3.05, 3.63) is 47.9 Å². The monoisotopic (exact) mass is 406 g/mol. The first-order valence-corrected chi connectivity index (χ1v) is 10.2.